The van der Waals surface area contributed by atoms with E-state index >= 15 is 0 Å². The van der Waals surface area contributed by atoms with Gasteiger partial charge in [-0.3, -0.25) is 0 Å². The summed E-state index contributed by atoms with van der Waals surface area (Å²) < 4.78 is 62.0. The van der Waals surface area contributed by atoms with Crippen molar-refractivity contribution < 1.29 is 12.6 Å². The Morgan fingerprint density at radius 2 is 0.927 bits per heavy atom. The molecule has 0 saturated carbocycles. The van der Waals surface area contributed by atoms with Crippen LogP contribution in [0, 0.1) is 0 Å². The number of fused-ring (bicyclic) bond motifs is 9. The number of furan rings is 1. The number of hydrogen-bond donors (Lipinski definition) is 0. The van der Waals surface area contributed by atoms with Crippen LogP contribution >= 0.6 is 0 Å². The molecule has 0 spiro atoms. The van der Waals surface area contributed by atoms with Crippen molar-refractivity contribution >= 4 is 54.3 Å². The third-order valence-electron chi connectivity index (χ3n) is 10.2. The summed E-state index contributed by atoms with van der Waals surface area (Å²) in [5.41, 5.74) is 4.02. The highest BCUT2D eigenvalue weighted by molar-refractivity contribution is 6.25. The number of aromatic nitrogens is 3. The Bertz CT molecular complexity index is 3580. The van der Waals surface area contributed by atoms with Crippen molar-refractivity contribution in [3.8, 4) is 56.4 Å². The molecule has 4 heteroatoms. The third-order valence-corrected chi connectivity index (χ3v) is 10.2. The predicted octanol–water partition coefficient (Wildman–Crippen LogP) is 13.6. The van der Waals surface area contributed by atoms with Crippen LogP contribution in [0.1, 0.15) is 8.22 Å². The molecular weight excluding hydrogens is 671 g/mol. The van der Waals surface area contributed by atoms with Crippen LogP contribution in [-0.4, -0.2) is 15.0 Å². The molecule has 0 atom stereocenters. The fourth-order valence-corrected chi connectivity index (χ4v) is 7.63. The SMILES string of the molecule is [2H]c1c(-c2ccc3c4ccccc4c4ccccc4c3c2)c([2H])c2c(oc3c([2H])c([2H])c([2H])c(-c4nc(-c5ccccc5)nc(-c5cccc(-c6ccccc6)c5)n4)c32)c1[2H]. The summed E-state index contributed by atoms with van der Waals surface area (Å²) in [6.45, 7) is 0. The summed E-state index contributed by atoms with van der Waals surface area (Å²) in [7, 11) is 0. The number of rotatable bonds is 5. The lowest BCUT2D eigenvalue weighted by Gasteiger charge is -2.12. The highest BCUT2D eigenvalue weighted by Gasteiger charge is 2.19. The van der Waals surface area contributed by atoms with E-state index in [9.17, 15) is 5.48 Å². The van der Waals surface area contributed by atoms with Crippen LogP contribution < -0.4 is 0 Å². The van der Waals surface area contributed by atoms with E-state index in [1.165, 1.54) is 0 Å². The van der Waals surface area contributed by atoms with Gasteiger partial charge in [-0.25, -0.2) is 15.0 Å². The topological polar surface area (TPSA) is 51.8 Å². The maximum absolute atomic E-state index is 9.84. The molecule has 4 nitrogen and oxygen atoms in total. The van der Waals surface area contributed by atoms with Crippen molar-refractivity contribution in [3.05, 3.63) is 188 Å². The van der Waals surface area contributed by atoms with Crippen molar-refractivity contribution in [1.82, 2.24) is 15.0 Å². The summed E-state index contributed by atoms with van der Waals surface area (Å²) >= 11 is 0. The van der Waals surface area contributed by atoms with Crippen LogP contribution in [0.15, 0.2) is 192 Å². The van der Waals surface area contributed by atoms with Gasteiger partial charge >= 0.3 is 0 Å². The maximum atomic E-state index is 9.84. The minimum atomic E-state index is -0.422. The van der Waals surface area contributed by atoms with Crippen LogP contribution in [0.5, 0.6) is 0 Å². The summed E-state index contributed by atoms with van der Waals surface area (Å²) in [6, 6.07) is 47.8. The summed E-state index contributed by atoms with van der Waals surface area (Å²) in [5.74, 6) is 0.692. The summed E-state index contributed by atoms with van der Waals surface area (Å²) in [4.78, 5) is 14.8. The quantitative estimate of drug-likeness (QED) is 0.167. The minimum absolute atomic E-state index is 0.0478. The number of hydrogen-bond acceptors (Lipinski definition) is 4. The average molecular weight is 708 g/mol. The van der Waals surface area contributed by atoms with E-state index in [1.807, 2.05) is 127 Å². The normalized spacial score (nSPS) is 13.2. The van der Waals surface area contributed by atoms with Crippen LogP contribution in [0.2, 0.25) is 0 Å². The van der Waals surface area contributed by atoms with Crippen LogP contribution in [0.3, 0.4) is 0 Å². The molecule has 0 radical (unpaired) electrons. The van der Waals surface area contributed by atoms with E-state index in [0.717, 1.165) is 43.4 Å². The fourth-order valence-electron chi connectivity index (χ4n) is 7.63. The predicted molar refractivity (Wildman–Crippen MR) is 227 cm³/mol. The van der Waals surface area contributed by atoms with Gasteiger partial charge in [0.2, 0.25) is 0 Å². The van der Waals surface area contributed by atoms with Gasteiger partial charge in [0.05, 0.1) is 8.22 Å². The lowest BCUT2D eigenvalue weighted by Crippen LogP contribution is -2.00. The molecule has 11 rings (SSSR count). The van der Waals surface area contributed by atoms with Crippen molar-refractivity contribution in [2.24, 2.45) is 0 Å². The van der Waals surface area contributed by atoms with Crippen LogP contribution in [0.4, 0.5) is 0 Å². The molecule has 2 heterocycles. The second kappa shape index (κ2) is 12.6. The molecule has 0 saturated heterocycles. The second-order valence-corrected chi connectivity index (χ2v) is 13.5. The molecule has 0 aliphatic carbocycles. The Labute approximate surface area is 325 Å². The smallest absolute Gasteiger partial charge is 0.164 e. The standard InChI is InChI=1S/C51H31N3O/c1-3-13-32(14-4-1)34-17-11-18-37(29-34)50-52-49(33-15-5-2-6-16-33)53-51(54-50)43-23-12-24-47-48(43)45-31-36(26-28-46(45)55-47)35-25-27-42-40-21-8-7-19-38(40)39-20-9-10-22-41(39)44(42)30-35/h1-31H/i12D,23D,24D,26D,28D,31D. The fraction of sp³-hybridized carbons (Fsp3) is 0. The molecular formula is C51H31N3O. The molecule has 0 fully saturated rings. The molecule has 2 aromatic heterocycles. The zero-order valence-corrected chi connectivity index (χ0v) is 29.2. The third kappa shape index (κ3) is 5.26. The van der Waals surface area contributed by atoms with E-state index in [4.69, 9.17) is 22.1 Å². The first-order valence-electron chi connectivity index (χ1n) is 21.0. The monoisotopic (exact) mass is 707 g/mol. The van der Waals surface area contributed by atoms with Crippen LogP contribution in [-0.2, 0) is 0 Å². The Morgan fingerprint density at radius 3 is 1.65 bits per heavy atom. The van der Waals surface area contributed by atoms with E-state index in [0.29, 0.717) is 28.3 Å². The number of nitrogens with zero attached hydrogens (tertiary/aromatic N) is 3. The van der Waals surface area contributed by atoms with Gasteiger partial charge < -0.3 is 4.42 Å². The molecule has 0 amide bonds. The molecule has 0 unspecified atom stereocenters. The molecule has 0 aliphatic heterocycles. The Balaban J connectivity index is 1.20. The lowest BCUT2D eigenvalue weighted by atomic mass is 9.92. The van der Waals surface area contributed by atoms with Gasteiger partial charge in [-0.2, -0.15) is 0 Å². The van der Waals surface area contributed by atoms with Gasteiger partial charge in [-0.05, 0) is 84.8 Å². The van der Waals surface area contributed by atoms with E-state index in [-0.39, 0.29) is 69.1 Å². The highest BCUT2D eigenvalue weighted by Crippen LogP contribution is 2.41. The summed E-state index contributed by atoms with van der Waals surface area (Å²) in [5, 5.41) is 6.57. The zero-order chi connectivity index (χ0) is 41.5. The van der Waals surface area contributed by atoms with Crippen molar-refractivity contribution in [2.75, 3.05) is 0 Å². The first-order chi connectivity index (χ1) is 29.8. The molecule has 55 heavy (non-hydrogen) atoms. The van der Waals surface area contributed by atoms with Crippen molar-refractivity contribution in [2.45, 2.75) is 0 Å². The van der Waals surface area contributed by atoms with Gasteiger partial charge in [0.25, 0.3) is 0 Å². The molecule has 256 valence electrons. The van der Waals surface area contributed by atoms with Crippen LogP contribution in [0.25, 0.3) is 111 Å². The Kier molecular flexibility index (Phi) is 5.85. The molecule has 11 aromatic rings. The van der Waals surface area contributed by atoms with E-state index < -0.39 is 6.04 Å². The average Bonchev–Trinajstić information content (AvgIpc) is 3.72. The van der Waals surface area contributed by atoms with Crippen molar-refractivity contribution in [3.63, 3.8) is 0 Å². The first-order valence-corrected chi connectivity index (χ1v) is 18.0. The van der Waals surface area contributed by atoms with E-state index in [2.05, 4.69) is 24.3 Å². The summed E-state index contributed by atoms with van der Waals surface area (Å²) in [6.07, 6.45) is 0. The van der Waals surface area contributed by atoms with Crippen molar-refractivity contribution in [1.29, 1.82) is 0 Å². The maximum Gasteiger partial charge on any atom is 0.164 e. The molecule has 9 aromatic carbocycles. The second-order valence-electron chi connectivity index (χ2n) is 13.5. The van der Waals surface area contributed by atoms with Gasteiger partial charge in [-0.15, -0.1) is 0 Å². The highest BCUT2D eigenvalue weighted by atomic mass is 16.3. The molecule has 0 aliphatic rings. The Morgan fingerprint density at radius 1 is 0.364 bits per heavy atom. The largest absolute Gasteiger partial charge is 0.456 e. The minimum Gasteiger partial charge on any atom is -0.456 e. The molecule has 0 N–H and O–H groups in total. The van der Waals surface area contributed by atoms with E-state index in [1.54, 1.807) is 0 Å². The van der Waals surface area contributed by atoms with Gasteiger partial charge in [0, 0.05) is 27.5 Å². The lowest BCUT2D eigenvalue weighted by molar-refractivity contribution is 0.669. The Hall–Kier alpha value is -7.43. The molecule has 0 bridgehead atoms. The van der Waals surface area contributed by atoms with Gasteiger partial charge in [0.15, 0.2) is 17.5 Å². The zero-order valence-electron chi connectivity index (χ0n) is 35.2. The first kappa shape index (κ1) is 25.5. The number of benzene rings is 9. The van der Waals surface area contributed by atoms with Gasteiger partial charge in [0.1, 0.15) is 11.2 Å². The van der Waals surface area contributed by atoms with Gasteiger partial charge in [-0.1, -0.05) is 158 Å².